The summed E-state index contributed by atoms with van der Waals surface area (Å²) in [5, 5.41) is 1.17. The minimum atomic E-state index is 0.141. The van der Waals surface area contributed by atoms with Gasteiger partial charge in [-0.2, -0.15) is 0 Å². The topological polar surface area (TPSA) is 42.0 Å². The zero-order valence-corrected chi connectivity index (χ0v) is 19.1. The molecule has 1 amide bonds. The molecule has 0 spiro atoms. The molecule has 5 rings (SSSR count). The van der Waals surface area contributed by atoms with Gasteiger partial charge < -0.3 is 19.3 Å². The number of nitrogens with zero attached hydrogens (tertiary/aromatic N) is 2. The van der Waals surface area contributed by atoms with Crippen LogP contribution in [0.3, 0.4) is 0 Å². The maximum atomic E-state index is 13.5. The van der Waals surface area contributed by atoms with Crippen LogP contribution in [-0.4, -0.2) is 57.3 Å². The average Bonchev–Trinajstić information content (AvgIpc) is 3.53. The number of carbonyl (C=O) groups is 1. The second-order valence-corrected chi connectivity index (χ2v) is 9.34. The summed E-state index contributed by atoms with van der Waals surface area (Å²) < 4.78 is 10.8. The standard InChI is InChI=1S/C26H28N2O3S/c1-30-22-9-7-19(8-10-22)21-11-12-28(18-21)25(29)24-17-23(20-5-3-2-4-6-20)26(32-24)27-13-15-31-16-14-27/h2-10,17,21H,11-16,18H2,1H3/t21-/m1/s1. The highest BCUT2D eigenvalue weighted by molar-refractivity contribution is 7.18. The monoisotopic (exact) mass is 448 g/mol. The number of methoxy groups -OCH3 is 1. The highest BCUT2D eigenvalue weighted by Gasteiger charge is 2.30. The molecule has 2 saturated heterocycles. The molecule has 1 atom stereocenters. The first kappa shape index (κ1) is 21.0. The minimum absolute atomic E-state index is 0.141. The lowest BCUT2D eigenvalue weighted by Crippen LogP contribution is -2.35. The molecule has 0 unspecified atom stereocenters. The highest BCUT2D eigenvalue weighted by Crippen LogP contribution is 2.40. The van der Waals surface area contributed by atoms with Crippen LogP contribution in [0.1, 0.15) is 27.6 Å². The van der Waals surface area contributed by atoms with E-state index in [1.807, 2.05) is 23.1 Å². The number of hydrogen-bond acceptors (Lipinski definition) is 5. The number of carbonyl (C=O) groups excluding carboxylic acids is 1. The number of rotatable bonds is 5. The summed E-state index contributed by atoms with van der Waals surface area (Å²) in [6.07, 6.45) is 0.991. The lowest BCUT2D eigenvalue weighted by molar-refractivity contribution is 0.0795. The number of anilines is 1. The Kier molecular flexibility index (Phi) is 6.14. The SMILES string of the molecule is COc1ccc([C@@H]2CCN(C(=O)c3cc(-c4ccccc4)c(N4CCOCC4)s3)C2)cc1. The van der Waals surface area contributed by atoms with E-state index < -0.39 is 0 Å². The van der Waals surface area contributed by atoms with Gasteiger partial charge in [-0.25, -0.2) is 0 Å². The van der Waals surface area contributed by atoms with Crippen LogP contribution in [-0.2, 0) is 4.74 Å². The van der Waals surface area contributed by atoms with E-state index >= 15 is 0 Å². The van der Waals surface area contributed by atoms with Crippen LogP contribution in [0.15, 0.2) is 60.7 Å². The van der Waals surface area contributed by atoms with Crippen molar-refractivity contribution in [2.75, 3.05) is 51.4 Å². The van der Waals surface area contributed by atoms with Crippen LogP contribution in [0.4, 0.5) is 5.00 Å². The largest absolute Gasteiger partial charge is 0.497 e. The van der Waals surface area contributed by atoms with E-state index in [0.717, 1.165) is 67.6 Å². The molecule has 1 aromatic heterocycles. The van der Waals surface area contributed by atoms with Gasteiger partial charge in [-0.3, -0.25) is 4.79 Å². The van der Waals surface area contributed by atoms with E-state index in [0.29, 0.717) is 5.92 Å². The van der Waals surface area contributed by atoms with E-state index in [2.05, 4.69) is 47.4 Å². The van der Waals surface area contributed by atoms with E-state index in [4.69, 9.17) is 9.47 Å². The van der Waals surface area contributed by atoms with Crippen molar-refractivity contribution in [2.24, 2.45) is 0 Å². The third-order valence-electron chi connectivity index (χ3n) is 6.37. The van der Waals surface area contributed by atoms with E-state index in [9.17, 15) is 4.79 Å². The molecule has 0 N–H and O–H groups in total. The molecule has 32 heavy (non-hydrogen) atoms. The van der Waals surface area contributed by atoms with Gasteiger partial charge in [-0.05, 0) is 35.7 Å². The maximum Gasteiger partial charge on any atom is 0.264 e. The first-order valence-electron chi connectivity index (χ1n) is 11.2. The van der Waals surface area contributed by atoms with Crippen LogP contribution in [0.5, 0.6) is 5.75 Å². The summed E-state index contributed by atoms with van der Waals surface area (Å²) in [4.78, 5) is 18.7. The van der Waals surface area contributed by atoms with Gasteiger partial charge >= 0.3 is 0 Å². The average molecular weight is 449 g/mol. The van der Waals surface area contributed by atoms with Crippen LogP contribution >= 0.6 is 11.3 Å². The van der Waals surface area contributed by atoms with E-state index in [1.165, 1.54) is 10.6 Å². The van der Waals surface area contributed by atoms with Crippen molar-refractivity contribution in [2.45, 2.75) is 12.3 Å². The number of likely N-dealkylation sites (tertiary alicyclic amines) is 1. The first-order valence-corrected chi connectivity index (χ1v) is 12.0. The van der Waals surface area contributed by atoms with Gasteiger partial charge in [0.2, 0.25) is 0 Å². The molecule has 0 saturated carbocycles. The van der Waals surface area contributed by atoms with Crippen LogP contribution in [0, 0.1) is 0 Å². The van der Waals surface area contributed by atoms with Gasteiger partial charge in [0, 0.05) is 37.7 Å². The number of morpholine rings is 1. The quantitative estimate of drug-likeness (QED) is 0.557. The van der Waals surface area contributed by atoms with Gasteiger partial charge in [-0.1, -0.05) is 42.5 Å². The van der Waals surface area contributed by atoms with Crippen molar-refractivity contribution in [3.05, 3.63) is 71.1 Å². The van der Waals surface area contributed by atoms with E-state index in [-0.39, 0.29) is 5.91 Å². The summed E-state index contributed by atoms with van der Waals surface area (Å²) in [5.74, 6) is 1.38. The predicted octanol–water partition coefficient (Wildman–Crippen LogP) is 4.89. The van der Waals surface area contributed by atoms with Crippen molar-refractivity contribution < 1.29 is 14.3 Å². The maximum absolute atomic E-state index is 13.5. The smallest absolute Gasteiger partial charge is 0.264 e. The molecule has 2 aliphatic rings. The van der Waals surface area contributed by atoms with Crippen LogP contribution in [0.25, 0.3) is 11.1 Å². The predicted molar refractivity (Wildman–Crippen MR) is 129 cm³/mol. The fraction of sp³-hybridized carbons (Fsp3) is 0.346. The van der Waals surface area contributed by atoms with Crippen LogP contribution in [0.2, 0.25) is 0 Å². The number of benzene rings is 2. The van der Waals surface area contributed by atoms with Crippen molar-refractivity contribution >= 4 is 22.2 Å². The molecular formula is C26H28N2O3S. The lowest BCUT2D eigenvalue weighted by Gasteiger charge is -2.28. The third-order valence-corrected chi connectivity index (χ3v) is 7.55. The molecule has 0 aliphatic carbocycles. The normalized spacial score (nSPS) is 18.7. The second kappa shape index (κ2) is 9.35. The summed E-state index contributed by atoms with van der Waals surface area (Å²) in [6, 6.07) is 20.7. The number of amides is 1. The lowest BCUT2D eigenvalue weighted by atomic mass is 9.98. The summed E-state index contributed by atoms with van der Waals surface area (Å²) >= 11 is 1.62. The number of ether oxygens (including phenoxy) is 2. The Hall–Kier alpha value is -2.83. The van der Waals surface area contributed by atoms with Gasteiger partial charge in [0.1, 0.15) is 5.75 Å². The van der Waals surface area contributed by atoms with Gasteiger partial charge in [0.05, 0.1) is 30.2 Å². The number of hydrogen-bond donors (Lipinski definition) is 0. The molecule has 2 fully saturated rings. The summed E-state index contributed by atoms with van der Waals surface area (Å²) in [7, 11) is 1.68. The molecular weight excluding hydrogens is 420 g/mol. The Balaban J connectivity index is 1.38. The molecule has 6 heteroatoms. The summed E-state index contributed by atoms with van der Waals surface area (Å²) in [6.45, 7) is 4.72. The van der Waals surface area contributed by atoms with Crippen molar-refractivity contribution in [1.82, 2.24) is 4.90 Å². The van der Waals surface area contributed by atoms with Crippen molar-refractivity contribution in [3.8, 4) is 16.9 Å². The summed E-state index contributed by atoms with van der Waals surface area (Å²) in [5.41, 5.74) is 3.57. The molecule has 166 valence electrons. The minimum Gasteiger partial charge on any atom is -0.497 e. The van der Waals surface area contributed by atoms with Crippen molar-refractivity contribution in [3.63, 3.8) is 0 Å². The molecule has 5 nitrogen and oxygen atoms in total. The molecule has 3 heterocycles. The molecule has 2 aromatic carbocycles. The molecule has 0 radical (unpaired) electrons. The Morgan fingerprint density at radius 3 is 2.50 bits per heavy atom. The van der Waals surface area contributed by atoms with Crippen molar-refractivity contribution in [1.29, 1.82) is 0 Å². The molecule has 3 aromatic rings. The second-order valence-electron chi connectivity index (χ2n) is 8.30. The zero-order chi connectivity index (χ0) is 21.9. The van der Waals surface area contributed by atoms with Gasteiger partial charge in [-0.15, -0.1) is 11.3 Å². The molecule has 2 aliphatic heterocycles. The van der Waals surface area contributed by atoms with Gasteiger partial charge in [0.15, 0.2) is 0 Å². The Morgan fingerprint density at radius 2 is 1.78 bits per heavy atom. The number of thiophene rings is 1. The van der Waals surface area contributed by atoms with Crippen LogP contribution < -0.4 is 9.64 Å². The Labute approximate surface area is 193 Å². The Bertz CT molecular complexity index is 1060. The highest BCUT2D eigenvalue weighted by atomic mass is 32.1. The third kappa shape index (κ3) is 4.25. The fourth-order valence-electron chi connectivity index (χ4n) is 4.56. The molecule has 0 bridgehead atoms. The van der Waals surface area contributed by atoms with Gasteiger partial charge in [0.25, 0.3) is 5.91 Å². The Morgan fingerprint density at radius 1 is 1.03 bits per heavy atom. The first-order chi connectivity index (χ1) is 15.7. The fourth-order valence-corrected chi connectivity index (χ4v) is 5.76. The zero-order valence-electron chi connectivity index (χ0n) is 18.3. The van der Waals surface area contributed by atoms with E-state index in [1.54, 1.807) is 18.4 Å².